The normalized spacial score (nSPS) is 21.3. The fourth-order valence-corrected chi connectivity index (χ4v) is 4.11. The van der Waals surface area contributed by atoms with Gasteiger partial charge in [0.2, 0.25) is 5.95 Å². The van der Waals surface area contributed by atoms with Crippen LogP contribution in [-0.2, 0) is 11.0 Å². The number of carbonyl (C=O) groups is 1. The van der Waals surface area contributed by atoms with Gasteiger partial charge in [-0.15, -0.1) is 5.10 Å². The number of nitrogens with one attached hydrogen (secondary N) is 1. The molecule has 0 fully saturated rings. The van der Waals surface area contributed by atoms with E-state index in [1.807, 2.05) is 19.1 Å². The standard InChI is InChI=1S/C21H17F3N4O2/c1-11-4-6-12(7-5-11)18-17-14(9-13(10-15(17)29)16-3-2-8-30-16)25-20-26-19(21(22,23)24)27-28(18)20/h2-8,13,18H,9-10H2,1H3,(H,25,26,27). The minimum Gasteiger partial charge on any atom is -0.469 e. The maximum Gasteiger partial charge on any atom is 0.453 e. The molecule has 0 radical (unpaired) electrons. The number of nitrogens with zero attached hydrogens (tertiary/aromatic N) is 3. The predicted molar refractivity (Wildman–Crippen MR) is 101 cm³/mol. The molecule has 2 unspecified atom stereocenters. The predicted octanol–water partition coefficient (Wildman–Crippen LogP) is 4.61. The number of alkyl halides is 3. The molecule has 6 nitrogen and oxygen atoms in total. The molecule has 0 bridgehead atoms. The molecular formula is C21H17F3N4O2. The lowest BCUT2D eigenvalue weighted by Gasteiger charge is -2.34. The highest BCUT2D eigenvalue weighted by Gasteiger charge is 2.43. The summed E-state index contributed by atoms with van der Waals surface area (Å²) in [5.74, 6) is -0.928. The lowest BCUT2D eigenvalue weighted by atomic mass is 9.79. The van der Waals surface area contributed by atoms with Crippen LogP contribution in [0.2, 0.25) is 0 Å². The summed E-state index contributed by atoms with van der Waals surface area (Å²) in [4.78, 5) is 16.8. The maximum atomic E-state index is 13.3. The topological polar surface area (TPSA) is 73.0 Å². The van der Waals surface area contributed by atoms with Crippen molar-refractivity contribution in [1.29, 1.82) is 0 Å². The number of furan rings is 1. The first-order chi connectivity index (χ1) is 14.3. The summed E-state index contributed by atoms with van der Waals surface area (Å²) in [5, 5.41) is 6.64. The van der Waals surface area contributed by atoms with Crippen molar-refractivity contribution in [3.63, 3.8) is 0 Å². The molecule has 5 rings (SSSR count). The SMILES string of the molecule is Cc1ccc(C2C3=C(CC(c4ccco4)CC3=O)Nc3nc(C(F)(F)F)nn32)cc1. The van der Waals surface area contributed by atoms with E-state index in [9.17, 15) is 18.0 Å². The van der Waals surface area contributed by atoms with Gasteiger partial charge in [-0.1, -0.05) is 29.8 Å². The molecule has 0 spiro atoms. The van der Waals surface area contributed by atoms with Crippen molar-refractivity contribution < 1.29 is 22.4 Å². The number of Topliss-reactive ketones (excluding diaryl/α,β-unsaturated/α-hetero) is 1. The summed E-state index contributed by atoms with van der Waals surface area (Å²) in [5.41, 5.74) is 2.67. The van der Waals surface area contributed by atoms with E-state index in [0.29, 0.717) is 29.0 Å². The fourth-order valence-electron chi connectivity index (χ4n) is 4.11. The Kier molecular flexibility index (Phi) is 4.09. The van der Waals surface area contributed by atoms with E-state index in [4.69, 9.17) is 4.42 Å². The molecule has 3 aromatic rings. The van der Waals surface area contributed by atoms with E-state index in [-0.39, 0.29) is 24.1 Å². The molecule has 2 atom stereocenters. The number of fused-ring (bicyclic) bond motifs is 1. The summed E-state index contributed by atoms with van der Waals surface area (Å²) in [6, 6.07) is 10.1. The Morgan fingerprint density at radius 1 is 1.17 bits per heavy atom. The van der Waals surface area contributed by atoms with E-state index in [1.54, 1.807) is 30.5 Å². The van der Waals surface area contributed by atoms with Crippen LogP contribution in [0.25, 0.3) is 0 Å². The highest BCUT2D eigenvalue weighted by atomic mass is 19.4. The van der Waals surface area contributed by atoms with E-state index in [0.717, 1.165) is 10.2 Å². The lowest BCUT2D eigenvalue weighted by Crippen LogP contribution is -2.33. The second-order valence-electron chi connectivity index (χ2n) is 7.58. The number of allylic oxidation sites excluding steroid dienone is 2. The molecule has 3 heterocycles. The van der Waals surface area contributed by atoms with Crippen LogP contribution in [0.15, 0.2) is 58.3 Å². The maximum absolute atomic E-state index is 13.3. The van der Waals surface area contributed by atoms with E-state index in [2.05, 4.69) is 15.4 Å². The second-order valence-corrected chi connectivity index (χ2v) is 7.58. The molecule has 154 valence electrons. The second kappa shape index (κ2) is 6.58. The Balaban J connectivity index is 1.64. The summed E-state index contributed by atoms with van der Waals surface area (Å²) in [7, 11) is 0. The Hall–Kier alpha value is -3.36. The van der Waals surface area contributed by atoms with Crippen LogP contribution in [0.4, 0.5) is 19.1 Å². The average Bonchev–Trinajstić information content (AvgIpc) is 3.36. The largest absolute Gasteiger partial charge is 0.469 e. The Morgan fingerprint density at radius 2 is 1.93 bits per heavy atom. The number of hydrogen-bond acceptors (Lipinski definition) is 5. The van der Waals surface area contributed by atoms with Crippen LogP contribution in [0.5, 0.6) is 0 Å². The third-order valence-corrected chi connectivity index (χ3v) is 5.51. The molecule has 1 aliphatic carbocycles. The summed E-state index contributed by atoms with van der Waals surface area (Å²) in [6.07, 6.45) is -2.50. The van der Waals surface area contributed by atoms with E-state index >= 15 is 0 Å². The minimum atomic E-state index is -4.69. The lowest BCUT2D eigenvalue weighted by molar-refractivity contribution is -0.145. The van der Waals surface area contributed by atoms with Crippen LogP contribution < -0.4 is 5.32 Å². The third-order valence-electron chi connectivity index (χ3n) is 5.51. The van der Waals surface area contributed by atoms with Gasteiger partial charge < -0.3 is 9.73 Å². The number of aromatic nitrogens is 3. The van der Waals surface area contributed by atoms with Crippen molar-refractivity contribution in [3.8, 4) is 0 Å². The molecule has 1 N–H and O–H groups in total. The van der Waals surface area contributed by atoms with Crippen molar-refractivity contribution in [2.45, 2.75) is 37.9 Å². The van der Waals surface area contributed by atoms with Crippen molar-refractivity contribution in [2.75, 3.05) is 5.32 Å². The van der Waals surface area contributed by atoms with Gasteiger partial charge in [-0.3, -0.25) is 4.79 Å². The van der Waals surface area contributed by atoms with Crippen molar-refractivity contribution in [3.05, 3.63) is 76.6 Å². The first kappa shape index (κ1) is 18.7. The molecule has 30 heavy (non-hydrogen) atoms. The first-order valence-electron chi connectivity index (χ1n) is 9.48. The molecule has 2 aliphatic rings. The van der Waals surface area contributed by atoms with Gasteiger partial charge in [-0.05, 0) is 31.0 Å². The number of hydrogen-bond donors (Lipinski definition) is 1. The van der Waals surface area contributed by atoms with Crippen LogP contribution in [-0.4, -0.2) is 20.5 Å². The Labute approximate surface area is 169 Å². The average molecular weight is 414 g/mol. The van der Waals surface area contributed by atoms with Gasteiger partial charge >= 0.3 is 6.18 Å². The number of ketones is 1. The monoisotopic (exact) mass is 414 g/mol. The zero-order chi connectivity index (χ0) is 21.0. The molecule has 0 saturated heterocycles. The number of anilines is 1. The fraction of sp³-hybridized carbons (Fsp3) is 0.286. The van der Waals surface area contributed by atoms with Gasteiger partial charge in [-0.25, -0.2) is 4.68 Å². The number of rotatable bonds is 2. The van der Waals surface area contributed by atoms with E-state index in [1.165, 1.54) is 0 Å². The summed E-state index contributed by atoms with van der Waals surface area (Å²) in [6.45, 7) is 1.92. The molecule has 1 aliphatic heterocycles. The smallest absolute Gasteiger partial charge is 0.453 e. The number of halogens is 3. The Morgan fingerprint density at radius 3 is 2.60 bits per heavy atom. The van der Waals surface area contributed by atoms with Crippen LogP contribution in [0.1, 0.15) is 47.5 Å². The molecule has 9 heteroatoms. The quantitative estimate of drug-likeness (QED) is 0.663. The van der Waals surface area contributed by atoms with Crippen LogP contribution in [0, 0.1) is 6.92 Å². The summed E-state index contributed by atoms with van der Waals surface area (Å²) >= 11 is 0. The van der Waals surface area contributed by atoms with Gasteiger partial charge in [0.15, 0.2) is 5.78 Å². The zero-order valence-corrected chi connectivity index (χ0v) is 15.9. The first-order valence-corrected chi connectivity index (χ1v) is 9.48. The molecule has 1 aromatic carbocycles. The van der Waals surface area contributed by atoms with Gasteiger partial charge in [0, 0.05) is 23.6 Å². The zero-order valence-electron chi connectivity index (χ0n) is 15.9. The number of aryl methyl sites for hydroxylation is 1. The molecule has 2 aromatic heterocycles. The Bertz CT molecular complexity index is 1140. The molecule has 0 amide bonds. The highest BCUT2D eigenvalue weighted by molar-refractivity contribution is 6.00. The number of benzene rings is 1. The van der Waals surface area contributed by atoms with Gasteiger partial charge in [-0.2, -0.15) is 18.2 Å². The van der Waals surface area contributed by atoms with Crippen LogP contribution in [0.3, 0.4) is 0 Å². The van der Waals surface area contributed by atoms with Crippen molar-refractivity contribution in [1.82, 2.24) is 14.8 Å². The van der Waals surface area contributed by atoms with Gasteiger partial charge in [0.25, 0.3) is 5.82 Å². The van der Waals surface area contributed by atoms with E-state index < -0.39 is 18.0 Å². The van der Waals surface area contributed by atoms with Gasteiger partial charge in [0.1, 0.15) is 11.8 Å². The molecule has 0 saturated carbocycles. The minimum absolute atomic E-state index is 0.0282. The van der Waals surface area contributed by atoms with Crippen molar-refractivity contribution in [2.24, 2.45) is 0 Å². The van der Waals surface area contributed by atoms with Gasteiger partial charge in [0.05, 0.1) is 6.26 Å². The van der Waals surface area contributed by atoms with Crippen molar-refractivity contribution >= 4 is 11.7 Å². The highest BCUT2D eigenvalue weighted by Crippen LogP contribution is 2.44. The summed E-state index contributed by atoms with van der Waals surface area (Å²) < 4.78 is 46.5. The molecular weight excluding hydrogens is 397 g/mol. The third kappa shape index (κ3) is 3.01. The van der Waals surface area contributed by atoms with Crippen LogP contribution >= 0.6 is 0 Å². The number of carbonyl (C=O) groups excluding carboxylic acids is 1.